The van der Waals surface area contributed by atoms with Gasteiger partial charge in [-0.2, -0.15) is 0 Å². The van der Waals surface area contributed by atoms with Gasteiger partial charge in [0.2, 0.25) is 0 Å². The number of phenolic OH excluding ortho intramolecular Hbond substituents is 1. The number of nitrogens with one attached hydrogen (secondary N) is 1. The number of benzene rings is 3. The molecule has 3 rings (SSSR count). The summed E-state index contributed by atoms with van der Waals surface area (Å²) in [4.78, 5) is 25.5. The Hall–Kier alpha value is -3.60. The van der Waals surface area contributed by atoms with Gasteiger partial charge in [0.05, 0.1) is 6.61 Å². The molecule has 0 amide bonds. The SMILES string of the molecule is CCOC(=O)C(Cc1ccc(O)cc1)Nc1ccccc1C(=O)c1ccccc1. The van der Waals surface area contributed by atoms with Gasteiger partial charge in [0.1, 0.15) is 11.8 Å². The van der Waals surface area contributed by atoms with Crippen LogP contribution in [0, 0.1) is 0 Å². The zero-order valence-corrected chi connectivity index (χ0v) is 16.2. The minimum Gasteiger partial charge on any atom is -0.508 e. The normalized spacial score (nSPS) is 11.5. The number of carbonyl (C=O) groups excluding carboxylic acids is 2. The van der Waals surface area contributed by atoms with Crippen molar-refractivity contribution in [2.24, 2.45) is 0 Å². The van der Waals surface area contributed by atoms with E-state index < -0.39 is 12.0 Å². The van der Waals surface area contributed by atoms with Gasteiger partial charge in [0.15, 0.2) is 5.78 Å². The Morgan fingerprint density at radius 3 is 2.28 bits per heavy atom. The summed E-state index contributed by atoms with van der Waals surface area (Å²) >= 11 is 0. The Labute approximate surface area is 170 Å². The van der Waals surface area contributed by atoms with Crippen LogP contribution in [0.2, 0.25) is 0 Å². The molecular weight excluding hydrogens is 366 g/mol. The number of aromatic hydroxyl groups is 1. The number of anilines is 1. The zero-order valence-electron chi connectivity index (χ0n) is 16.2. The van der Waals surface area contributed by atoms with Crippen LogP contribution >= 0.6 is 0 Å². The van der Waals surface area contributed by atoms with E-state index in [1.807, 2.05) is 24.3 Å². The minimum atomic E-state index is -0.677. The van der Waals surface area contributed by atoms with Crippen LogP contribution in [0.4, 0.5) is 5.69 Å². The third-order valence-electron chi connectivity index (χ3n) is 4.48. The van der Waals surface area contributed by atoms with Gasteiger partial charge in [-0.25, -0.2) is 4.79 Å². The van der Waals surface area contributed by atoms with Crippen LogP contribution < -0.4 is 5.32 Å². The van der Waals surface area contributed by atoms with Gasteiger partial charge < -0.3 is 15.2 Å². The van der Waals surface area contributed by atoms with Crippen LogP contribution in [0.3, 0.4) is 0 Å². The van der Waals surface area contributed by atoms with Gasteiger partial charge in [0, 0.05) is 23.2 Å². The highest BCUT2D eigenvalue weighted by molar-refractivity contribution is 6.12. The first-order chi connectivity index (χ1) is 14.1. The van der Waals surface area contributed by atoms with Crippen molar-refractivity contribution in [1.82, 2.24) is 0 Å². The number of hydrogen-bond acceptors (Lipinski definition) is 5. The molecular formula is C24H23NO4. The molecule has 5 heteroatoms. The van der Waals surface area contributed by atoms with Crippen molar-refractivity contribution in [3.63, 3.8) is 0 Å². The number of esters is 1. The van der Waals surface area contributed by atoms with Crippen molar-refractivity contribution in [1.29, 1.82) is 0 Å². The molecule has 0 radical (unpaired) electrons. The molecule has 148 valence electrons. The predicted octanol–water partition coefficient (Wildman–Crippen LogP) is 4.21. The monoisotopic (exact) mass is 389 g/mol. The van der Waals surface area contributed by atoms with Crippen molar-refractivity contribution in [3.8, 4) is 5.75 Å². The van der Waals surface area contributed by atoms with E-state index >= 15 is 0 Å². The molecule has 0 saturated carbocycles. The number of ether oxygens (including phenoxy) is 1. The molecule has 1 unspecified atom stereocenters. The van der Waals surface area contributed by atoms with Crippen molar-refractivity contribution in [3.05, 3.63) is 95.6 Å². The van der Waals surface area contributed by atoms with E-state index in [-0.39, 0.29) is 18.1 Å². The summed E-state index contributed by atoms with van der Waals surface area (Å²) in [5.74, 6) is -0.364. The molecule has 0 aliphatic heterocycles. The highest BCUT2D eigenvalue weighted by atomic mass is 16.5. The summed E-state index contributed by atoms with van der Waals surface area (Å²) < 4.78 is 5.22. The molecule has 0 saturated heterocycles. The van der Waals surface area contributed by atoms with E-state index in [1.54, 1.807) is 61.5 Å². The van der Waals surface area contributed by atoms with E-state index in [0.717, 1.165) is 5.56 Å². The molecule has 2 N–H and O–H groups in total. The second-order valence-electron chi connectivity index (χ2n) is 6.56. The molecule has 0 spiro atoms. The first-order valence-corrected chi connectivity index (χ1v) is 9.48. The lowest BCUT2D eigenvalue weighted by Gasteiger charge is -2.20. The molecule has 3 aromatic carbocycles. The summed E-state index contributed by atoms with van der Waals surface area (Å²) in [7, 11) is 0. The van der Waals surface area contributed by atoms with E-state index in [1.165, 1.54) is 0 Å². The molecule has 3 aromatic rings. The Morgan fingerprint density at radius 1 is 0.931 bits per heavy atom. The van der Waals surface area contributed by atoms with Crippen molar-refractivity contribution >= 4 is 17.4 Å². The van der Waals surface area contributed by atoms with Gasteiger partial charge in [-0.1, -0.05) is 54.6 Å². The molecule has 29 heavy (non-hydrogen) atoms. The van der Waals surface area contributed by atoms with Crippen LogP contribution in [0.5, 0.6) is 5.75 Å². The third kappa shape index (κ3) is 5.23. The first kappa shape index (κ1) is 20.1. The Balaban J connectivity index is 1.88. The molecule has 5 nitrogen and oxygen atoms in total. The average Bonchev–Trinajstić information content (AvgIpc) is 2.75. The summed E-state index contributed by atoms with van der Waals surface area (Å²) in [5.41, 5.74) is 2.49. The fourth-order valence-electron chi connectivity index (χ4n) is 3.04. The standard InChI is InChI=1S/C24H23NO4/c1-2-29-24(28)22(16-17-12-14-19(26)15-13-17)25-21-11-7-6-10-20(21)23(27)18-8-4-3-5-9-18/h3-15,22,25-26H,2,16H2,1H3. The van der Waals surface area contributed by atoms with Gasteiger partial charge in [-0.15, -0.1) is 0 Å². The number of carbonyl (C=O) groups is 2. The van der Waals surface area contributed by atoms with E-state index in [9.17, 15) is 14.7 Å². The zero-order chi connectivity index (χ0) is 20.6. The minimum absolute atomic E-state index is 0.124. The maximum atomic E-state index is 13.0. The van der Waals surface area contributed by atoms with Crippen molar-refractivity contribution in [2.75, 3.05) is 11.9 Å². The fraction of sp³-hybridized carbons (Fsp3) is 0.167. The number of ketones is 1. The molecule has 0 aliphatic rings. The lowest BCUT2D eigenvalue weighted by atomic mass is 10.00. The number of hydrogen-bond donors (Lipinski definition) is 2. The number of rotatable bonds is 8. The summed E-state index contributed by atoms with van der Waals surface area (Å²) in [6.45, 7) is 2.01. The number of phenols is 1. The van der Waals surface area contributed by atoms with Crippen molar-refractivity contribution in [2.45, 2.75) is 19.4 Å². The van der Waals surface area contributed by atoms with Crippen LogP contribution in [0.1, 0.15) is 28.4 Å². The fourth-order valence-corrected chi connectivity index (χ4v) is 3.04. The Bertz CT molecular complexity index is 968. The Kier molecular flexibility index (Phi) is 6.63. The lowest BCUT2D eigenvalue weighted by Crippen LogP contribution is -2.34. The summed E-state index contributed by atoms with van der Waals surface area (Å²) in [5, 5.41) is 12.7. The van der Waals surface area contributed by atoms with Gasteiger partial charge in [-0.3, -0.25) is 4.79 Å². The topological polar surface area (TPSA) is 75.6 Å². The molecule has 0 bridgehead atoms. The van der Waals surface area contributed by atoms with Gasteiger partial charge in [-0.05, 0) is 36.8 Å². The van der Waals surface area contributed by atoms with E-state index in [0.29, 0.717) is 23.2 Å². The van der Waals surface area contributed by atoms with Crippen LogP contribution in [0.15, 0.2) is 78.9 Å². The Morgan fingerprint density at radius 2 is 1.59 bits per heavy atom. The van der Waals surface area contributed by atoms with Crippen molar-refractivity contribution < 1.29 is 19.4 Å². The van der Waals surface area contributed by atoms with Crippen LogP contribution in [-0.4, -0.2) is 29.5 Å². The summed E-state index contributed by atoms with van der Waals surface area (Å²) in [6.07, 6.45) is 0.354. The molecule has 0 fully saturated rings. The van der Waals surface area contributed by atoms with Gasteiger partial charge >= 0.3 is 5.97 Å². The molecule has 0 aromatic heterocycles. The smallest absolute Gasteiger partial charge is 0.328 e. The van der Waals surface area contributed by atoms with Gasteiger partial charge in [0.25, 0.3) is 0 Å². The highest BCUT2D eigenvalue weighted by Crippen LogP contribution is 2.22. The van der Waals surface area contributed by atoms with Crippen LogP contribution in [-0.2, 0) is 16.0 Å². The molecule has 0 aliphatic carbocycles. The van der Waals surface area contributed by atoms with E-state index in [4.69, 9.17) is 4.74 Å². The second kappa shape index (κ2) is 9.55. The average molecular weight is 389 g/mol. The molecule has 0 heterocycles. The predicted molar refractivity (Wildman–Crippen MR) is 112 cm³/mol. The van der Waals surface area contributed by atoms with E-state index in [2.05, 4.69) is 5.32 Å². The largest absolute Gasteiger partial charge is 0.508 e. The maximum Gasteiger partial charge on any atom is 0.328 e. The third-order valence-corrected chi connectivity index (χ3v) is 4.48. The first-order valence-electron chi connectivity index (χ1n) is 9.48. The number of para-hydroxylation sites is 1. The summed E-state index contributed by atoms with van der Waals surface area (Å²) in [6, 6.07) is 22.1. The molecule has 1 atom stereocenters. The quantitative estimate of drug-likeness (QED) is 0.446. The van der Waals surface area contributed by atoms with Crippen LogP contribution in [0.25, 0.3) is 0 Å². The lowest BCUT2D eigenvalue weighted by molar-refractivity contribution is -0.144. The maximum absolute atomic E-state index is 13.0. The highest BCUT2D eigenvalue weighted by Gasteiger charge is 2.23. The second-order valence-corrected chi connectivity index (χ2v) is 6.56.